The van der Waals surface area contributed by atoms with Gasteiger partial charge in [0, 0.05) is 7.11 Å². The molecule has 0 amide bonds. The first kappa shape index (κ1) is 10.2. The molecular weight excluding hydrogens is 171 g/mol. The van der Waals surface area contributed by atoms with E-state index in [1.807, 2.05) is 0 Å². The van der Waals surface area contributed by atoms with Gasteiger partial charge in [-0.1, -0.05) is 12.1 Å². The van der Waals surface area contributed by atoms with E-state index >= 15 is 0 Å². The molecule has 72 valence electrons. The zero-order chi connectivity index (χ0) is 9.84. The minimum atomic E-state index is -0.677. The smallest absolute Gasteiger partial charge is 0.126 e. The van der Waals surface area contributed by atoms with Crippen LogP contribution in [0.4, 0.5) is 4.39 Å². The summed E-state index contributed by atoms with van der Waals surface area (Å²) in [4.78, 5) is 0. The van der Waals surface area contributed by atoms with Crippen LogP contribution >= 0.6 is 0 Å². The molecule has 1 aromatic rings. The van der Waals surface area contributed by atoms with Crippen molar-refractivity contribution in [3.63, 3.8) is 0 Å². The fourth-order valence-corrected chi connectivity index (χ4v) is 1.13. The first-order chi connectivity index (χ1) is 6.15. The predicted octanol–water partition coefficient (Wildman–Crippen LogP) is 1.81. The van der Waals surface area contributed by atoms with Gasteiger partial charge in [0.25, 0.3) is 0 Å². The van der Waals surface area contributed by atoms with E-state index in [0.717, 1.165) is 0 Å². The molecule has 0 heterocycles. The van der Waals surface area contributed by atoms with Crippen molar-refractivity contribution in [2.45, 2.75) is 13.0 Å². The Kier molecular flexibility index (Phi) is 3.39. The van der Waals surface area contributed by atoms with Crippen LogP contribution < -0.4 is 0 Å². The quantitative estimate of drug-likeness (QED) is 0.776. The van der Waals surface area contributed by atoms with Crippen LogP contribution in [0.3, 0.4) is 0 Å². The Morgan fingerprint density at radius 1 is 1.54 bits per heavy atom. The molecule has 0 saturated heterocycles. The summed E-state index contributed by atoms with van der Waals surface area (Å²) in [7, 11) is 1.51. The molecule has 3 heteroatoms. The molecule has 0 aliphatic rings. The molecule has 0 fully saturated rings. The van der Waals surface area contributed by atoms with E-state index in [9.17, 15) is 9.50 Å². The largest absolute Gasteiger partial charge is 0.386 e. The van der Waals surface area contributed by atoms with E-state index in [0.29, 0.717) is 11.1 Å². The molecule has 0 saturated carbocycles. The van der Waals surface area contributed by atoms with Gasteiger partial charge in [0.15, 0.2) is 0 Å². The Balaban J connectivity index is 2.84. The lowest BCUT2D eigenvalue weighted by Gasteiger charge is -2.10. The topological polar surface area (TPSA) is 29.5 Å². The molecule has 0 radical (unpaired) electrons. The molecule has 0 aliphatic heterocycles. The van der Waals surface area contributed by atoms with Crippen LogP contribution in [0.15, 0.2) is 18.2 Å². The van der Waals surface area contributed by atoms with Crippen LogP contribution in [0.25, 0.3) is 0 Å². The van der Waals surface area contributed by atoms with Gasteiger partial charge in [0.2, 0.25) is 0 Å². The maximum Gasteiger partial charge on any atom is 0.126 e. The number of aliphatic hydroxyl groups is 1. The van der Waals surface area contributed by atoms with E-state index in [1.165, 1.54) is 13.2 Å². The van der Waals surface area contributed by atoms with Gasteiger partial charge in [-0.25, -0.2) is 4.39 Å². The SMILES string of the molecule is COCC(O)c1ccc(F)c(C)c1. The zero-order valence-corrected chi connectivity index (χ0v) is 7.75. The lowest BCUT2D eigenvalue weighted by Crippen LogP contribution is -2.05. The highest BCUT2D eigenvalue weighted by molar-refractivity contribution is 5.25. The van der Waals surface area contributed by atoms with Gasteiger partial charge in [-0.3, -0.25) is 0 Å². The lowest BCUT2D eigenvalue weighted by molar-refractivity contribution is 0.0643. The number of hydrogen-bond acceptors (Lipinski definition) is 2. The number of rotatable bonds is 3. The molecule has 13 heavy (non-hydrogen) atoms. The molecule has 0 spiro atoms. The summed E-state index contributed by atoms with van der Waals surface area (Å²) < 4.78 is 17.6. The van der Waals surface area contributed by atoms with E-state index in [1.54, 1.807) is 19.1 Å². The molecule has 1 aromatic carbocycles. The second kappa shape index (κ2) is 4.35. The molecule has 1 unspecified atom stereocenters. The average Bonchev–Trinajstić information content (AvgIpc) is 2.10. The van der Waals surface area contributed by atoms with E-state index < -0.39 is 6.10 Å². The molecule has 0 aromatic heterocycles. The Morgan fingerprint density at radius 3 is 2.77 bits per heavy atom. The van der Waals surface area contributed by atoms with Gasteiger partial charge in [0.05, 0.1) is 6.61 Å². The van der Waals surface area contributed by atoms with Gasteiger partial charge in [-0.2, -0.15) is 0 Å². The zero-order valence-electron chi connectivity index (χ0n) is 7.75. The predicted molar refractivity (Wildman–Crippen MR) is 48.0 cm³/mol. The number of aliphatic hydroxyl groups excluding tert-OH is 1. The molecule has 1 atom stereocenters. The number of hydrogen-bond donors (Lipinski definition) is 1. The second-order valence-corrected chi connectivity index (χ2v) is 2.98. The van der Waals surface area contributed by atoms with Crippen LogP contribution in [0.5, 0.6) is 0 Å². The number of benzene rings is 1. The van der Waals surface area contributed by atoms with E-state index in [2.05, 4.69) is 0 Å². The average molecular weight is 184 g/mol. The molecular formula is C10H13FO2. The van der Waals surface area contributed by atoms with Gasteiger partial charge < -0.3 is 9.84 Å². The van der Waals surface area contributed by atoms with Crippen molar-refractivity contribution in [2.75, 3.05) is 13.7 Å². The molecule has 1 N–H and O–H groups in total. The van der Waals surface area contributed by atoms with E-state index in [-0.39, 0.29) is 12.4 Å². The van der Waals surface area contributed by atoms with Crippen molar-refractivity contribution in [2.24, 2.45) is 0 Å². The van der Waals surface area contributed by atoms with Crippen molar-refractivity contribution < 1.29 is 14.2 Å². The summed E-state index contributed by atoms with van der Waals surface area (Å²) in [5.74, 6) is -0.256. The highest BCUT2D eigenvalue weighted by atomic mass is 19.1. The summed E-state index contributed by atoms with van der Waals surface area (Å²) in [5, 5.41) is 9.49. The number of aryl methyl sites for hydroxylation is 1. The molecule has 0 aliphatic carbocycles. The number of ether oxygens (including phenoxy) is 1. The monoisotopic (exact) mass is 184 g/mol. The Morgan fingerprint density at radius 2 is 2.23 bits per heavy atom. The third-order valence-electron chi connectivity index (χ3n) is 1.89. The summed E-state index contributed by atoms with van der Waals surface area (Å²) >= 11 is 0. The molecule has 1 rings (SSSR count). The van der Waals surface area contributed by atoms with Crippen molar-refractivity contribution in [1.82, 2.24) is 0 Å². The van der Waals surface area contributed by atoms with Crippen LogP contribution in [0.1, 0.15) is 17.2 Å². The minimum absolute atomic E-state index is 0.227. The highest BCUT2D eigenvalue weighted by Gasteiger charge is 2.08. The summed E-state index contributed by atoms with van der Waals surface area (Å²) in [5.41, 5.74) is 1.22. The lowest BCUT2D eigenvalue weighted by atomic mass is 10.1. The maximum atomic E-state index is 12.8. The fraction of sp³-hybridized carbons (Fsp3) is 0.400. The van der Waals surface area contributed by atoms with Crippen LogP contribution in [-0.2, 0) is 4.74 Å². The number of halogens is 1. The number of methoxy groups -OCH3 is 1. The Bertz CT molecular complexity index is 286. The van der Waals surface area contributed by atoms with Crippen molar-refractivity contribution in [3.8, 4) is 0 Å². The van der Waals surface area contributed by atoms with Crippen molar-refractivity contribution in [1.29, 1.82) is 0 Å². The van der Waals surface area contributed by atoms with Gasteiger partial charge in [-0.15, -0.1) is 0 Å². The normalized spacial score (nSPS) is 12.9. The Labute approximate surface area is 77.0 Å². The van der Waals surface area contributed by atoms with E-state index in [4.69, 9.17) is 4.74 Å². The standard InChI is InChI=1S/C10H13FO2/c1-7-5-8(3-4-9(7)11)10(12)6-13-2/h3-5,10,12H,6H2,1-2H3. The Hall–Kier alpha value is -0.930. The minimum Gasteiger partial charge on any atom is -0.386 e. The van der Waals surface area contributed by atoms with Crippen LogP contribution in [0, 0.1) is 12.7 Å². The second-order valence-electron chi connectivity index (χ2n) is 2.98. The van der Waals surface area contributed by atoms with Crippen molar-refractivity contribution >= 4 is 0 Å². The third kappa shape index (κ3) is 2.50. The van der Waals surface area contributed by atoms with Gasteiger partial charge in [0.1, 0.15) is 11.9 Å². The van der Waals surface area contributed by atoms with Gasteiger partial charge in [-0.05, 0) is 24.1 Å². The summed E-state index contributed by atoms with van der Waals surface area (Å²) in [6.07, 6.45) is -0.677. The van der Waals surface area contributed by atoms with Gasteiger partial charge >= 0.3 is 0 Å². The van der Waals surface area contributed by atoms with Crippen LogP contribution in [0.2, 0.25) is 0 Å². The third-order valence-corrected chi connectivity index (χ3v) is 1.89. The summed E-state index contributed by atoms with van der Waals surface area (Å²) in [6.45, 7) is 1.89. The van der Waals surface area contributed by atoms with Crippen LogP contribution in [-0.4, -0.2) is 18.8 Å². The molecule has 0 bridgehead atoms. The highest BCUT2D eigenvalue weighted by Crippen LogP contribution is 2.16. The summed E-state index contributed by atoms with van der Waals surface area (Å²) in [6, 6.07) is 4.54. The first-order valence-electron chi connectivity index (χ1n) is 4.08. The first-order valence-corrected chi connectivity index (χ1v) is 4.08. The molecule has 2 nitrogen and oxygen atoms in total. The van der Waals surface area contributed by atoms with Crippen molar-refractivity contribution in [3.05, 3.63) is 35.1 Å². The fourth-order valence-electron chi connectivity index (χ4n) is 1.13. The maximum absolute atomic E-state index is 12.8.